The Hall–Kier alpha value is -4.14. The molecule has 2 aliphatic heterocycles. The number of aromatic nitrogens is 1. The zero-order chi connectivity index (χ0) is 25.2. The van der Waals surface area contributed by atoms with Crippen LogP contribution in [-0.2, 0) is 4.79 Å². The number of piperidine rings is 1. The van der Waals surface area contributed by atoms with E-state index in [-0.39, 0.29) is 5.92 Å². The number of anilines is 4. The van der Waals surface area contributed by atoms with Crippen LogP contribution in [0.5, 0.6) is 5.75 Å². The second-order valence-corrected chi connectivity index (χ2v) is 9.07. The second-order valence-electron chi connectivity index (χ2n) is 9.07. The molecule has 3 heterocycles. The highest BCUT2D eigenvalue weighted by molar-refractivity contribution is 6.07. The molecular weight excluding hydrogens is 463 g/mol. The SMILES string of the molecule is Cc1ccc(N2CCOc3c(C(=O)Nc4ccc(N5CCC(C(=O)O)CC5)c(F)c4)cccc32)nc1. The van der Waals surface area contributed by atoms with Gasteiger partial charge in [0, 0.05) is 25.0 Å². The molecule has 2 N–H and O–H groups in total. The van der Waals surface area contributed by atoms with Crippen molar-refractivity contribution in [3.8, 4) is 5.75 Å². The molecule has 2 aliphatic rings. The van der Waals surface area contributed by atoms with E-state index in [1.165, 1.54) is 6.07 Å². The quantitative estimate of drug-likeness (QED) is 0.539. The summed E-state index contributed by atoms with van der Waals surface area (Å²) >= 11 is 0. The second kappa shape index (κ2) is 9.85. The zero-order valence-electron chi connectivity index (χ0n) is 19.9. The molecule has 1 saturated heterocycles. The van der Waals surface area contributed by atoms with Crippen molar-refractivity contribution in [3.05, 3.63) is 71.7 Å². The smallest absolute Gasteiger partial charge is 0.306 e. The lowest BCUT2D eigenvalue weighted by Gasteiger charge is -2.32. The molecule has 1 aromatic heterocycles. The van der Waals surface area contributed by atoms with Crippen molar-refractivity contribution < 1.29 is 23.8 Å². The van der Waals surface area contributed by atoms with Gasteiger partial charge in [-0.15, -0.1) is 0 Å². The summed E-state index contributed by atoms with van der Waals surface area (Å²) in [4.78, 5) is 32.7. The molecule has 0 atom stereocenters. The molecule has 1 fully saturated rings. The highest BCUT2D eigenvalue weighted by Crippen LogP contribution is 2.39. The lowest BCUT2D eigenvalue weighted by molar-refractivity contribution is -0.142. The van der Waals surface area contributed by atoms with Gasteiger partial charge in [-0.2, -0.15) is 0 Å². The average Bonchev–Trinajstić information content (AvgIpc) is 2.88. The minimum Gasteiger partial charge on any atom is -0.489 e. The molecule has 0 saturated carbocycles. The minimum atomic E-state index is -0.807. The van der Waals surface area contributed by atoms with Crippen molar-refractivity contribution in [3.63, 3.8) is 0 Å². The van der Waals surface area contributed by atoms with Crippen molar-refractivity contribution in [1.29, 1.82) is 0 Å². The highest BCUT2D eigenvalue weighted by Gasteiger charge is 2.27. The standard InChI is InChI=1S/C27H27FN4O4/c1-17-5-8-24(29-16-17)32-13-14-36-25-20(3-2-4-23(25)32)26(33)30-19-6-7-22(21(28)15-19)31-11-9-18(10-12-31)27(34)35/h2-8,15-16,18H,9-14H2,1H3,(H,30,33)(H,34,35). The number of nitrogens with zero attached hydrogens (tertiary/aromatic N) is 3. The van der Waals surface area contributed by atoms with Gasteiger partial charge in [0.1, 0.15) is 18.2 Å². The third-order valence-corrected chi connectivity index (χ3v) is 6.65. The lowest BCUT2D eigenvalue weighted by Crippen LogP contribution is -2.36. The average molecular weight is 491 g/mol. The van der Waals surface area contributed by atoms with E-state index in [1.807, 2.05) is 34.9 Å². The first-order valence-corrected chi connectivity index (χ1v) is 12.0. The summed E-state index contributed by atoms with van der Waals surface area (Å²) in [5, 5.41) is 11.9. The molecule has 0 aliphatic carbocycles. The van der Waals surface area contributed by atoms with Crippen molar-refractivity contribution in [2.24, 2.45) is 5.92 Å². The Morgan fingerprint density at radius 2 is 1.89 bits per heavy atom. The van der Waals surface area contributed by atoms with Crippen LogP contribution >= 0.6 is 0 Å². The predicted molar refractivity (Wildman–Crippen MR) is 135 cm³/mol. The molecule has 186 valence electrons. The van der Waals surface area contributed by atoms with Gasteiger partial charge in [-0.1, -0.05) is 12.1 Å². The van der Waals surface area contributed by atoms with E-state index in [9.17, 15) is 19.1 Å². The first kappa shape index (κ1) is 23.6. The molecule has 0 spiro atoms. The number of para-hydroxylation sites is 1. The number of aliphatic carboxylic acids is 1. The van der Waals surface area contributed by atoms with Crippen LogP contribution in [0.25, 0.3) is 0 Å². The van der Waals surface area contributed by atoms with Gasteiger partial charge >= 0.3 is 5.97 Å². The number of carbonyl (C=O) groups is 2. The molecule has 0 bridgehead atoms. The van der Waals surface area contributed by atoms with E-state index in [0.29, 0.717) is 61.8 Å². The normalized spacial score (nSPS) is 15.7. The van der Waals surface area contributed by atoms with Gasteiger partial charge in [-0.3, -0.25) is 9.59 Å². The van der Waals surface area contributed by atoms with Gasteiger partial charge < -0.3 is 25.0 Å². The number of carbonyl (C=O) groups excluding carboxylic acids is 1. The predicted octanol–water partition coefficient (Wildman–Crippen LogP) is 4.61. The van der Waals surface area contributed by atoms with Crippen molar-refractivity contribution in [2.45, 2.75) is 19.8 Å². The van der Waals surface area contributed by atoms with E-state index in [0.717, 1.165) is 17.1 Å². The third-order valence-electron chi connectivity index (χ3n) is 6.65. The fourth-order valence-electron chi connectivity index (χ4n) is 4.69. The third kappa shape index (κ3) is 4.68. The molecule has 2 aromatic carbocycles. The van der Waals surface area contributed by atoms with E-state index in [4.69, 9.17) is 4.74 Å². The summed E-state index contributed by atoms with van der Waals surface area (Å²) in [6.45, 7) is 3.92. The summed E-state index contributed by atoms with van der Waals surface area (Å²) < 4.78 is 20.8. The maximum Gasteiger partial charge on any atom is 0.306 e. The first-order chi connectivity index (χ1) is 17.4. The van der Waals surface area contributed by atoms with Gasteiger partial charge in [-0.05, 0) is 61.7 Å². The Balaban J connectivity index is 1.33. The number of halogens is 1. The van der Waals surface area contributed by atoms with Crippen molar-refractivity contribution in [2.75, 3.05) is 41.4 Å². The van der Waals surface area contributed by atoms with Crippen LogP contribution in [0.2, 0.25) is 0 Å². The van der Waals surface area contributed by atoms with Crippen molar-refractivity contribution >= 4 is 34.8 Å². The topological polar surface area (TPSA) is 95.0 Å². The number of aryl methyl sites for hydroxylation is 1. The number of hydrogen-bond donors (Lipinski definition) is 2. The van der Waals surface area contributed by atoms with Crippen LogP contribution in [0.4, 0.5) is 27.3 Å². The van der Waals surface area contributed by atoms with Gasteiger partial charge in [0.25, 0.3) is 5.91 Å². The van der Waals surface area contributed by atoms with Gasteiger partial charge in [0.05, 0.1) is 29.4 Å². The number of carboxylic acid groups (broad SMARTS) is 1. The summed E-state index contributed by atoms with van der Waals surface area (Å²) in [5.41, 5.74) is 2.88. The van der Waals surface area contributed by atoms with E-state index >= 15 is 0 Å². The molecular formula is C27H27FN4O4. The van der Waals surface area contributed by atoms with Crippen LogP contribution in [-0.4, -0.2) is 48.2 Å². The first-order valence-electron chi connectivity index (χ1n) is 12.0. The largest absolute Gasteiger partial charge is 0.489 e. The number of benzene rings is 2. The number of carboxylic acids is 1. The molecule has 0 unspecified atom stereocenters. The van der Waals surface area contributed by atoms with E-state index in [1.54, 1.807) is 30.5 Å². The number of rotatable bonds is 5. The van der Waals surface area contributed by atoms with E-state index < -0.39 is 17.7 Å². The summed E-state index contributed by atoms with van der Waals surface area (Å²) in [7, 11) is 0. The Labute approximate surface area is 208 Å². The molecule has 8 nitrogen and oxygen atoms in total. The maximum absolute atomic E-state index is 14.9. The van der Waals surface area contributed by atoms with Crippen LogP contribution in [0.15, 0.2) is 54.7 Å². The molecule has 1 amide bonds. The van der Waals surface area contributed by atoms with Crippen LogP contribution in [0, 0.1) is 18.7 Å². The number of ether oxygens (including phenoxy) is 1. The number of pyridine rings is 1. The minimum absolute atomic E-state index is 0.326. The number of amides is 1. The highest BCUT2D eigenvalue weighted by atomic mass is 19.1. The Bertz CT molecular complexity index is 1290. The summed E-state index contributed by atoms with van der Waals surface area (Å²) in [5.74, 6) is -0.836. The molecule has 9 heteroatoms. The zero-order valence-corrected chi connectivity index (χ0v) is 19.9. The Kier molecular flexibility index (Phi) is 6.45. The van der Waals surface area contributed by atoms with Gasteiger partial charge in [-0.25, -0.2) is 9.37 Å². The lowest BCUT2D eigenvalue weighted by atomic mass is 9.96. The summed E-state index contributed by atoms with van der Waals surface area (Å²) in [6, 6.07) is 13.8. The van der Waals surface area contributed by atoms with E-state index in [2.05, 4.69) is 10.3 Å². The molecule has 36 heavy (non-hydrogen) atoms. The fraction of sp³-hybridized carbons (Fsp3) is 0.296. The molecule has 5 rings (SSSR count). The Morgan fingerprint density at radius 3 is 2.58 bits per heavy atom. The fourth-order valence-corrected chi connectivity index (χ4v) is 4.69. The van der Waals surface area contributed by atoms with Crippen LogP contribution < -0.4 is 19.9 Å². The molecule has 3 aromatic rings. The number of fused-ring (bicyclic) bond motifs is 1. The van der Waals surface area contributed by atoms with Gasteiger partial charge in [0.2, 0.25) is 0 Å². The van der Waals surface area contributed by atoms with Crippen LogP contribution in [0.1, 0.15) is 28.8 Å². The monoisotopic (exact) mass is 490 g/mol. The Morgan fingerprint density at radius 1 is 1.08 bits per heavy atom. The van der Waals surface area contributed by atoms with Crippen molar-refractivity contribution in [1.82, 2.24) is 4.98 Å². The molecule has 0 radical (unpaired) electrons. The number of nitrogens with one attached hydrogen (secondary N) is 1. The maximum atomic E-state index is 14.9. The number of hydrogen-bond acceptors (Lipinski definition) is 6. The van der Waals surface area contributed by atoms with Crippen LogP contribution in [0.3, 0.4) is 0 Å². The van der Waals surface area contributed by atoms with Gasteiger partial charge in [0.15, 0.2) is 5.75 Å². The summed E-state index contributed by atoms with van der Waals surface area (Å²) in [6.07, 6.45) is 2.75.